The Kier molecular flexibility index (Phi) is 7.19. The van der Waals surface area contributed by atoms with Crippen LogP contribution < -0.4 is 10.0 Å². The molecule has 0 radical (unpaired) electrons. The van der Waals surface area contributed by atoms with Crippen molar-refractivity contribution in [3.63, 3.8) is 0 Å². The lowest BCUT2D eigenvalue weighted by Gasteiger charge is -2.25. The molecule has 1 saturated carbocycles. The number of nitrogens with one attached hydrogen (secondary N) is 2. The fraction of sp³-hybridized carbons (Fsp3) is 0.588. The van der Waals surface area contributed by atoms with Gasteiger partial charge >= 0.3 is 0 Å². The first-order valence-corrected chi connectivity index (χ1v) is 10.2. The van der Waals surface area contributed by atoms with Gasteiger partial charge in [0.1, 0.15) is 5.82 Å². The number of aliphatic imine (C=N–C) groups is 1. The summed E-state index contributed by atoms with van der Waals surface area (Å²) in [6, 6.07) is 6.37. The molecular weight excluding hydrogens is 343 g/mol. The average Bonchev–Trinajstić information content (AvgIpc) is 2.49. The van der Waals surface area contributed by atoms with Crippen LogP contribution in [-0.2, 0) is 16.6 Å². The number of hydrogen-bond donors (Lipinski definition) is 2. The lowest BCUT2D eigenvalue weighted by molar-refractivity contribution is 0.316. The van der Waals surface area contributed by atoms with E-state index in [-0.39, 0.29) is 18.1 Å². The molecule has 1 aliphatic carbocycles. The standard InChI is InChI=1S/C17H27FN4O2S/c1-19-17(22(2)13-15-7-4-8-16(18)11-15)20-9-10-25(23,24)21-12-14-5-3-6-14/h4,7-8,11,14,21H,3,5-6,9-10,12-13H2,1-2H3,(H,19,20). The lowest BCUT2D eigenvalue weighted by atomic mass is 9.86. The highest BCUT2D eigenvalue weighted by Crippen LogP contribution is 2.25. The zero-order valence-corrected chi connectivity index (χ0v) is 15.7. The van der Waals surface area contributed by atoms with Crippen LogP contribution >= 0.6 is 0 Å². The molecule has 8 heteroatoms. The third-order valence-corrected chi connectivity index (χ3v) is 5.70. The minimum absolute atomic E-state index is 0.00740. The van der Waals surface area contributed by atoms with E-state index in [0.29, 0.717) is 25.0 Å². The van der Waals surface area contributed by atoms with E-state index in [0.717, 1.165) is 18.4 Å². The SMILES string of the molecule is CN=C(NCCS(=O)(=O)NCC1CCC1)N(C)Cc1cccc(F)c1. The average molecular weight is 370 g/mol. The number of hydrogen-bond acceptors (Lipinski definition) is 3. The smallest absolute Gasteiger partial charge is 0.213 e. The highest BCUT2D eigenvalue weighted by atomic mass is 32.2. The molecule has 0 spiro atoms. The molecular formula is C17H27FN4O2S. The Morgan fingerprint density at radius 2 is 2.16 bits per heavy atom. The van der Waals surface area contributed by atoms with Crippen molar-refractivity contribution in [2.24, 2.45) is 10.9 Å². The molecule has 6 nitrogen and oxygen atoms in total. The highest BCUT2D eigenvalue weighted by molar-refractivity contribution is 7.89. The van der Waals surface area contributed by atoms with Gasteiger partial charge in [0.15, 0.2) is 5.96 Å². The van der Waals surface area contributed by atoms with Gasteiger partial charge in [-0.15, -0.1) is 0 Å². The van der Waals surface area contributed by atoms with Gasteiger partial charge in [-0.25, -0.2) is 17.5 Å². The topological polar surface area (TPSA) is 73.8 Å². The van der Waals surface area contributed by atoms with Crippen molar-refractivity contribution < 1.29 is 12.8 Å². The molecule has 0 aliphatic heterocycles. The number of guanidine groups is 1. The lowest BCUT2D eigenvalue weighted by Crippen LogP contribution is -2.42. The van der Waals surface area contributed by atoms with Gasteiger partial charge in [0.05, 0.1) is 5.75 Å². The Hall–Kier alpha value is -1.67. The summed E-state index contributed by atoms with van der Waals surface area (Å²) in [6.45, 7) is 1.28. The first kappa shape index (κ1) is 19.7. The fourth-order valence-corrected chi connectivity index (χ4v) is 3.68. The molecule has 0 amide bonds. The predicted octanol–water partition coefficient (Wildman–Crippen LogP) is 1.55. The van der Waals surface area contributed by atoms with Crippen LogP contribution in [0.15, 0.2) is 29.3 Å². The van der Waals surface area contributed by atoms with Gasteiger partial charge in [-0.1, -0.05) is 18.6 Å². The first-order valence-electron chi connectivity index (χ1n) is 8.53. The number of sulfonamides is 1. The van der Waals surface area contributed by atoms with E-state index in [1.165, 1.54) is 18.6 Å². The van der Waals surface area contributed by atoms with E-state index in [4.69, 9.17) is 0 Å². The largest absolute Gasteiger partial charge is 0.355 e. The molecule has 140 valence electrons. The molecule has 0 heterocycles. The van der Waals surface area contributed by atoms with Gasteiger partial charge in [-0.2, -0.15) is 0 Å². The van der Waals surface area contributed by atoms with Crippen molar-refractivity contribution in [2.75, 3.05) is 32.9 Å². The van der Waals surface area contributed by atoms with Crippen LogP contribution in [0, 0.1) is 11.7 Å². The van der Waals surface area contributed by atoms with E-state index in [2.05, 4.69) is 15.0 Å². The van der Waals surface area contributed by atoms with Crippen molar-refractivity contribution in [1.29, 1.82) is 0 Å². The summed E-state index contributed by atoms with van der Waals surface area (Å²) >= 11 is 0. The monoisotopic (exact) mass is 370 g/mol. The Labute approximate surface area is 149 Å². The normalized spacial score (nSPS) is 15.7. The van der Waals surface area contributed by atoms with E-state index < -0.39 is 10.0 Å². The fourth-order valence-electron chi connectivity index (χ4n) is 2.68. The van der Waals surface area contributed by atoms with Crippen molar-refractivity contribution >= 4 is 16.0 Å². The van der Waals surface area contributed by atoms with Crippen molar-refractivity contribution in [1.82, 2.24) is 14.9 Å². The van der Waals surface area contributed by atoms with Crippen LogP contribution in [-0.4, -0.2) is 52.2 Å². The highest BCUT2D eigenvalue weighted by Gasteiger charge is 2.20. The quantitative estimate of drug-likeness (QED) is 0.538. The summed E-state index contributed by atoms with van der Waals surface area (Å²) in [7, 11) is 0.173. The number of benzene rings is 1. The maximum Gasteiger partial charge on any atom is 0.213 e. The molecule has 0 aromatic heterocycles. The van der Waals surface area contributed by atoms with Crippen LogP contribution in [0.1, 0.15) is 24.8 Å². The van der Waals surface area contributed by atoms with E-state index in [1.54, 1.807) is 13.1 Å². The van der Waals surface area contributed by atoms with E-state index >= 15 is 0 Å². The third kappa shape index (κ3) is 6.62. The summed E-state index contributed by atoms with van der Waals surface area (Å²) < 4.78 is 39.9. The van der Waals surface area contributed by atoms with Crippen molar-refractivity contribution in [3.05, 3.63) is 35.6 Å². The molecule has 2 rings (SSSR count). The molecule has 1 fully saturated rings. The van der Waals surface area contributed by atoms with Crippen LogP contribution in [0.4, 0.5) is 4.39 Å². The van der Waals surface area contributed by atoms with Gasteiger partial charge in [0, 0.05) is 33.7 Å². The summed E-state index contributed by atoms with van der Waals surface area (Å²) in [4.78, 5) is 5.97. The minimum atomic E-state index is -3.28. The molecule has 2 N–H and O–H groups in total. The Morgan fingerprint density at radius 1 is 1.40 bits per heavy atom. The van der Waals surface area contributed by atoms with E-state index in [9.17, 15) is 12.8 Å². The molecule has 0 atom stereocenters. The zero-order valence-electron chi connectivity index (χ0n) is 14.8. The maximum absolute atomic E-state index is 13.3. The second-order valence-corrected chi connectivity index (χ2v) is 8.35. The number of rotatable bonds is 8. The second kappa shape index (κ2) is 9.15. The molecule has 1 aliphatic rings. The van der Waals surface area contributed by atoms with Gasteiger partial charge < -0.3 is 10.2 Å². The molecule has 25 heavy (non-hydrogen) atoms. The van der Waals surface area contributed by atoms with Crippen molar-refractivity contribution in [2.45, 2.75) is 25.8 Å². The van der Waals surface area contributed by atoms with Crippen molar-refractivity contribution in [3.8, 4) is 0 Å². The van der Waals surface area contributed by atoms with Gasteiger partial charge in [0.25, 0.3) is 0 Å². The molecule has 0 bridgehead atoms. The molecule has 1 aromatic rings. The Balaban J connectivity index is 1.76. The van der Waals surface area contributed by atoms with E-state index in [1.807, 2.05) is 18.0 Å². The van der Waals surface area contributed by atoms with Crippen LogP contribution in [0.3, 0.4) is 0 Å². The van der Waals surface area contributed by atoms with Crippen LogP contribution in [0.25, 0.3) is 0 Å². The molecule has 1 aromatic carbocycles. The number of nitrogens with zero attached hydrogens (tertiary/aromatic N) is 2. The van der Waals surface area contributed by atoms with Crippen LogP contribution in [0.5, 0.6) is 0 Å². The zero-order chi connectivity index (χ0) is 18.3. The first-order chi connectivity index (χ1) is 11.9. The summed E-state index contributed by atoms with van der Waals surface area (Å²) in [5.41, 5.74) is 0.820. The Morgan fingerprint density at radius 3 is 2.76 bits per heavy atom. The summed E-state index contributed by atoms with van der Waals surface area (Å²) in [6.07, 6.45) is 3.42. The second-order valence-electron chi connectivity index (χ2n) is 6.42. The van der Waals surface area contributed by atoms with Gasteiger partial charge in [-0.3, -0.25) is 4.99 Å². The predicted molar refractivity (Wildman–Crippen MR) is 98.4 cm³/mol. The minimum Gasteiger partial charge on any atom is -0.355 e. The summed E-state index contributed by atoms with van der Waals surface area (Å²) in [5.74, 6) is 0.774. The summed E-state index contributed by atoms with van der Waals surface area (Å²) in [5, 5.41) is 3.04. The number of halogens is 1. The van der Waals surface area contributed by atoms with Gasteiger partial charge in [-0.05, 0) is 36.5 Å². The molecule has 0 saturated heterocycles. The molecule has 0 unspecified atom stereocenters. The van der Waals surface area contributed by atoms with Gasteiger partial charge in [0.2, 0.25) is 10.0 Å². The van der Waals surface area contributed by atoms with Crippen LogP contribution in [0.2, 0.25) is 0 Å². The maximum atomic E-state index is 13.3. The third-order valence-electron chi connectivity index (χ3n) is 4.35. The Bertz CT molecular complexity index is 690.